The Balaban J connectivity index is 3.26. The van der Waals surface area contributed by atoms with E-state index in [9.17, 15) is 0 Å². The molecule has 1 unspecified atom stereocenters. The van der Waals surface area contributed by atoms with Gasteiger partial charge in [0.05, 0.1) is 10.6 Å². The van der Waals surface area contributed by atoms with E-state index in [0.717, 1.165) is 0 Å². The van der Waals surface area contributed by atoms with Crippen LogP contribution >= 0.6 is 15.9 Å². The van der Waals surface area contributed by atoms with Crippen molar-refractivity contribution in [1.82, 2.24) is 0 Å². The Labute approximate surface area is 45.8 Å². The summed E-state index contributed by atoms with van der Waals surface area (Å²) in [6, 6.07) is 0. The Bertz CT molecular complexity index is 58.6. The van der Waals surface area contributed by atoms with Crippen LogP contribution in [0.25, 0.3) is 0 Å². The predicted octanol–water partition coefficient (Wildman–Crippen LogP) is 1.84. The average molecular weight is 151 g/mol. The van der Waals surface area contributed by atoms with E-state index in [1.54, 1.807) is 0 Å². The molecule has 0 spiro atoms. The van der Waals surface area contributed by atoms with Crippen molar-refractivity contribution in [3.8, 4) is 0 Å². The Kier molecular flexibility index (Phi) is 2.25. The summed E-state index contributed by atoms with van der Waals surface area (Å²) in [5.74, 6) is 0.176. The lowest BCUT2D eigenvalue weighted by Gasteiger charge is -1.94. The maximum absolute atomic E-state index is 8.39. The zero-order valence-corrected chi connectivity index (χ0v) is 5.20. The molecule has 0 aliphatic heterocycles. The molecule has 6 heavy (non-hydrogen) atoms. The van der Waals surface area contributed by atoms with Crippen LogP contribution in [0.15, 0.2) is 12.3 Å². The van der Waals surface area contributed by atoms with Crippen LogP contribution in [0.1, 0.15) is 6.92 Å². The van der Waals surface area contributed by atoms with Crippen molar-refractivity contribution in [3.05, 3.63) is 12.3 Å². The Morgan fingerprint density at radius 2 is 2.17 bits per heavy atom. The quantitative estimate of drug-likeness (QED) is 0.447. The molecule has 0 fully saturated rings. The third kappa shape index (κ3) is 2.27. The zero-order valence-electron chi connectivity index (χ0n) is 3.61. The molecule has 36 valence electrons. The second kappa shape index (κ2) is 2.24. The van der Waals surface area contributed by atoms with E-state index < -0.39 is 0 Å². The highest BCUT2D eigenvalue weighted by Crippen LogP contribution is 2.03. The van der Waals surface area contributed by atoms with Gasteiger partial charge in [0.1, 0.15) is 0 Å². The summed E-state index contributed by atoms with van der Waals surface area (Å²) in [5.41, 5.74) is 0. The predicted molar refractivity (Wildman–Crippen MR) is 30.2 cm³/mol. The summed E-state index contributed by atoms with van der Waals surface area (Å²) in [7, 11) is 0. The molecule has 0 aliphatic rings. The molecule has 0 amide bonds. The fraction of sp³-hybridized carbons (Fsp3) is 0.500. The Morgan fingerprint density at radius 3 is 2.17 bits per heavy atom. The standard InChI is InChI=1S/C4H7BrO/c1-3(5)4(2)6/h3,6H,2H2,1H3. The van der Waals surface area contributed by atoms with Crippen LogP contribution in [0.4, 0.5) is 0 Å². The van der Waals surface area contributed by atoms with Gasteiger partial charge in [-0.2, -0.15) is 0 Å². The molecule has 1 atom stereocenters. The third-order valence-corrected chi connectivity index (χ3v) is 0.988. The van der Waals surface area contributed by atoms with Crippen LogP contribution in [-0.2, 0) is 0 Å². The summed E-state index contributed by atoms with van der Waals surface area (Å²) in [5, 5.41) is 8.39. The molecular weight excluding hydrogens is 144 g/mol. The van der Waals surface area contributed by atoms with Gasteiger partial charge in [-0.1, -0.05) is 22.5 Å². The van der Waals surface area contributed by atoms with Crippen molar-refractivity contribution in [2.75, 3.05) is 0 Å². The van der Waals surface area contributed by atoms with Crippen molar-refractivity contribution in [2.45, 2.75) is 11.8 Å². The van der Waals surface area contributed by atoms with Crippen molar-refractivity contribution in [2.24, 2.45) is 0 Å². The van der Waals surface area contributed by atoms with Gasteiger partial charge in [-0.05, 0) is 6.92 Å². The van der Waals surface area contributed by atoms with Crippen LogP contribution in [0.2, 0.25) is 0 Å². The summed E-state index contributed by atoms with van der Waals surface area (Å²) in [6.07, 6.45) is 0. The molecule has 0 saturated heterocycles. The number of hydrogen-bond acceptors (Lipinski definition) is 1. The molecule has 0 radical (unpaired) electrons. The van der Waals surface area contributed by atoms with Gasteiger partial charge >= 0.3 is 0 Å². The molecule has 2 heteroatoms. The van der Waals surface area contributed by atoms with E-state index in [2.05, 4.69) is 22.5 Å². The van der Waals surface area contributed by atoms with Crippen molar-refractivity contribution < 1.29 is 5.11 Å². The summed E-state index contributed by atoms with van der Waals surface area (Å²) in [6.45, 7) is 5.07. The van der Waals surface area contributed by atoms with Crippen molar-refractivity contribution in [3.63, 3.8) is 0 Å². The van der Waals surface area contributed by atoms with Gasteiger partial charge in [0.15, 0.2) is 0 Å². The lowest BCUT2D eigenvalue weighted by molar-refractivity contribution is 0.403. The summed E-state index contributed by atoms with van der Waals surface area (Å²) < 4.78 is 0. The summed E-state index contributed by atoms with van der Waals surface area (Å²) in [4.78, 5) is 0.0255. The maximum Gasteiger partial charge on any atom is 0.0984 e. The minimum Gasteiger partial charge on any atom is -0.512 e. The SMILES string of the molecule is C=C(O)C(C)Br. The first kappa shape index (κ1) is 6.02. The number of rotatable bonds is 1. The van der Waals surface area contributed by atoms with E-state index in [1.165, 1.54) is 0 Å². The fourth-order valence-corrected chi connectivity index (χ4v) is 0. The van der Waals surface area contributed by atoms with Crippen LogP contribution in [0, 0.1) is 0 Å². The lowest BCUT2D eigenvalue weighted by atomic mass is 10.4. The van der Waals surface area contributed by atoms with Gasteiger partial charge in [0.25, 0.3) is 0 Å². The van der Waals surface area contributed by atoms with Gasteiger partial charge in [-0.3, -0.25) is 0 Å². The van der Waals surface area contributed by atoms with Crippen LogP contribution in [0.5, 0.6) is 0 Å². The molecule has 0 aliphatic carbocycles. The monoisotopic (exact) mass is 150 g/mol. The molecule has 0 rings (SSSR count). The van der Waals surface area contributed by atoms with Gasteiger partial charge in [-0.25, -0.2) is 0 Å². The number of halogens is 1. The van der Waals surface area contributed by atoms with Crippen molar-refractivity contribution >= 4 is 15.9 Å². The molecule has 0 aromatic rings. The topological polar surface area (TPSA) is 20.2 Å². The minimum absolute atomic E-state index is 0.0255. The smallest absolute Gasteiger partial charge is 0.0984 e. The van der Waals surface area contributed by atoms with Crippen LogP contribution < -0.4 is 0 Å². The van der Waals surface area contributed by atoms with E-state index in [4.69, 9.17) is 5.11 Å². The van der Waals surface area contributed by atoms with E-state index in [-0.39, 0.29) is 10.6 Å². The van der Waals surface area contributed by atoms with Crippen LogP contribution in [0.3, 0.4) is 0 Å². The Hall–Kier alpha value is 0.0200. The van der Waals surface area contributed by atoms with Gasteiger partial charge in [0, 0.05) is 0 Å². The first-order chi connectivity index (χ1) is 2.64. The number of hydrogen-bond donors (Lipinski definition) is 1. The molecule has 0 aromatic carbocycles. The molecule has 0 heterocycles. The first-order valence-electron chi connectivity index (χ1n) is 1.66. The molecule has 0 bridgehead atoms. The largest absolute Gasteiger partial charge is 0.512 e. The van der Waals surface area contributed by atoms with E-state index in [1.807, 2.05) is 6.92 Å². The number of allylic oxidation sites excluding steroid dienone is 1. The second-order valence-electron chi connectivity index (χ2n) is 1.11. The number of aliphatic hydroxyl groups excluding tert-OH is 1. The lowest BCUT2D eigenvalue weighted by Crippen LogP contribution is -1.90. The van der Waals surface area contributed by atoms with Gasteiger partial charge in [-0.15, -0.1) is 0 Å². The first-order valence-corrected chi connectivity index (χ1v) is 2.58. The molecule has 1 N–H and O–H groups in total. The highest BCUT2D eigenvalue weighted by atomic mass is 79.9. The van der Waals surface area contributed by atoms with Crippen LogP contribution in [-0.4, -0.2) is 9.93 Å². The third-order valence-electron chi connectivity index (χ3n) is 0.459. The molecular formula is C4H7BrO. The van der Waals surface area contributed by atoms with Gasteiger partial charge in [0.2, 0.25) is 0 Å². The van der Waals surface area contributed by atoms with Gasteiger partial charge < -0.3 is 5.11 Å². The average Bonchev–Trinajstić information content (AvgIpc) is 1.36. The Morgan fingerprint density at radius 1 is 2.00 bits per heavy atom. The second-order valence-corrected chi connectivity index (χ2v) is 2.48. The maximum atomic E-state index is 8.39. The molecule has 0 aromatic heterocycles. The van der Waals surface area contributed by atoms with Crippen molar-refractivity contribution in [1.29, 1.82) is 0 Å². The fourth-order valence-electron chi connectivity index (χ4n) is 0. The minimum atomic E-state index is 0.0255. The zero-order chi connectivity index (χ0) is 5.15. The highest BCUT2D eigenvalue weighted by Gasteiger charge is 1.93. The molecule has 0 saturated carbocycles. The number of aliphatic hydroxyl groups is 1. The normalized spacial score (nSPS) is 13.7. The van der Waals surface area contributed by atoms with E-state index in [0.29, 0.717) is 0 Å². The molecule has 1 nitrogen and oxygen atoms in total. The number of alkyl halides is 1. The summed E-state index contributed by atoms with van der Waals surface area (Å²) >= 11 is 3.09. The highest BCUT2D eigenvalue weighted by molar-refractivity contribution is 9.09. The van der Waals surface area contributed by atoms with E-state index >= 15 is 0 Å².